The Labute approximate surface area is 79.8 Å². The van der Waals surface area contributed by atoms with Crippen molar-refractivity contribution in [1.29, 1.82) is 0 Å². The molecule has 1 rings (SSSR count). The van der Waals surface area contributed by atoms with Crippen molar-refractivity contribution in [3.63, 3.8) is 0 Å². The molecule has 0 unspecified atom stereocenters. The maximum atomic E-state index is 11.5. The lowest BCUT2D eigenvalue weighted by atomic mass is 10.1. The highest BCUT2D eigenvalue weighted by molar-refractivity contribution is 5.76. The van der Waals surface area contributed by atoms with Gasteiger partial charge in [-0.2, -0.15) is 5.10 Å². The summed E-state index contributed by atoms with van der Waals surface area (Å²) in [6.07, 6.45) is 8.16. The van der Waals surface area contributed by atoms with Gasteiger partial charge in [0.2, 0.25) is 5.91 Å². The van der Waals surface area contributed by atoms with Crippen molar-refractivity contribution in [3.8, 4) is 0 Å². The van der Waals surface area contributed by atoms with Crippen LogP contribution in [-0.2, 0) is 4.79 Å². The van der Waals surface area contributed by atoms with Gasteiger partial charge < -0.3 is 0 Å². The van der Waals surface area contributed by atoms with Crippen molar-refractivity contribution < 1.29 is 4.79 Å². The van der Waals surface area contributed by atoms with Gasteiger partial charge in [0.15, 0.2) is 0 Å². The van der Waals surface area contributed by atoms with E-state index in [-0.39, 0.29) is 5.91 Å². The summed E-state index contributed by atoms with van der Waals surface area (Å²) in [4.78, 5) is 11.5. The van der Waals surface area contributed by atoms with Gasteiger partial charge in [-0.05, 0) is 26.2 Å². The lowest BCUT2D eigenvalue weighted by Gasteiger charge is -2.15. The summed E-state index contributed by atoms with van der Waals surface area (Å²) >= 11 is 0. The van der Waals surface area contributed by atoms with Crippen LogP contribution in [0.25, 0.3) is 0 Å². The Morgan fingerprint density at radius 2 is 2.15 bits per heavy atom. The molecule has 0 aromatic heterocycles. The van der Waals surface area contributed by atoms with E-state index in [0.717, 1.165) is 12.8 Å². The van der Waals surface area contributed by atoms with Crippen molar-refractivity contribution in [2.45, 2.75) is 45.4 Å². The second kappa shape index (κ2) is 5.73. The molecule has 0 saturated carbocycles. The number of hydrazone groups is 1. The molecule has 3 heteroatoms. The molecule has 1 heterocycles. The fourth-order valence-electron chi connectivity index (χ4n) is 1.47. The molecular weight excluding hydrogens is 164 g/mol. The van der Waals surface area contributed by atoms with E-state index in [1.807, 2.05) is 13.1 Å². The van der Waals surface area contributed by atoms with Crippen LogP contribution < -0.4 is 0 Å². The number of carbonyl (C=O) groups excluding carboxylic acids is 1. The first kappa shape index (κ1) is 10.2. The van der Waals surface area contributed by atoms with E-state index < -0.39 is 0 Å². The lowest BCUT2D eigenvalue weighted by Crippen LogP contribution is -2.25. The van der Waals surface area contributed by atoms with Gasteiger partial charge in [0, 0.05) is 19.2 Å². The van der Waals surface area contributed by atoms with Crippen molar-refractivity contribution in [2.24, 2.45) is 5.10 Å². The third-order valence-corrected chi connectivity index (χ3v) is 2.28. The van der Waals surface area contributed by atoms with Gasteiger partial charge in [-0.3, -0.25) is 4.79 Å². The summed E-state index contributed by atoms with van der Waals surface area (Å²) < 4.78 is 0. The molecule has 1 aliphatic heterocycles. The van der Waals surface area contributed by atoms with Crippen LogP contribution in [0.1, 0.15) is 45.4 Å². The molecule has 3 nitrogen and oxygen atoms in total. The predicted octanol–water partition coefficient (Wildman–Crippen LogP) is 2.17. The summed E-state index contributed by atoms with van der Waals surface area (Å²) in [5, 5.41) is 5.72. The lowest BCUT2D eigenvalue weighted by molar-refractivity contribution is -0.131. The Morgan fingerprint density at radius 1 is 1.38 bits per heavy atom. The van der Waals surface area contributed by atoms with Crippen LogP contribution in [0.4, 0.5) is 0 Å². The standard InChI is InChI=1S/C10H18N2O/c1-2-12-10(13)8-6-4-3-5-7-9-11-12/h9H,2-8H2,1H3/b11-9-. The monoisotopic (exact) mass is 182 g/mol. The average Bonchev–Trinajstić information content (AvgIpc) is 2.16. The summed E-state index contributed by atoms with van der Waals surface area (Å²) in [6.45, 7) is 2.65. The first-order chi connectivity index (χ1) is 6.34. The molecular formula is C10H18N2O. The van der Waals surface area contributed by atoms with E-state index in [0.29, 0.717) is 13.0 Å². The predicted molar refractivity (Wildman–Crippen MR) is 53.6 cm³/mol. The van der Waals surface area contributed by atoms with E-state index in [4.69, 9.17) is 0 Å². The highest BCUT2D eigenvalue weighted by Gasteiger charge is 2.09. The number of hydrogen-bond donors (Lipinski definition) is 0. The minimum absolute atomic E-state index is 0.167. The minimum atomic E-state index is 0.167. The molecule has 1 amide bonds. The molecule has 0 N–H and O–H groups in total. The Kier molecular flexibility index (Phi) is 4.50. The van der Waals surface area contributed by atoms with E-state index in [1.54, 1.807) is 5.01 Å². The molecule has 0 saturated heterocycles. The van der Waals surface area contributed by atoms with Crippen LogP contribution in [0, 0.1) is 0 Å². The average molecular weight is 182 g/mol. The van der Waals surface area contributed by atoms with Crippen molar-refractivity contribution in [3.05, 3.63) is 0 Å². The Balaban J connectivity index is 2.51. The molecule has 0 bridgehead atoms. The maximum absolute atomic E-state index is 11.5. The van der Waals surface area contributed by atoms with Gasteiger partial charge in [0.05, 0.1) is 0 Å². The van der Waals surface area contributed by atoms with Gasteiger partial charge >= 0.3 is 0 Å². The van der Waals surface area contributed by atoms with Crippen molar-refractivity contribution in [1.82, 2.24) is 5.01 Å². The van der Waals surface area contributed by atoms with Gasteiger partial charge in [-0.15, -0.1) is 0 Å². The Hall–Kier alpha value is -0.860. The number of rotatable bonds is 1. The Morgan fingerprint density at radius 3 is 2.92 bits per heavy atom. The molecule has 0 aliphatic carbocycles. The largest absolute Gasteiger partial charge is 0.273 e. The normalized spacial score (nSPS) is 22.8. The van der Waals surface area contributed by atoms with Gasteiger partial charge in [-0.25, -0.2) is 5.01 Å². The summed E-state index contributed by atoms with van der Waals surface area (Å²) in [6, 6.07) is 0. The first-order valence-electron chi connectivity index (χ1n) is 5.17. The molecule has 0 fully saturated rings. The van der Waals surface area contributed by atoms with E-state index in [2.05, 4.69) is 5.10 Å². The van der Waals surface area contributed by atoms with E-state index in [1.165, 1.54) is 19.3 Å². The van der Waals surface area contributed by atoms with Crippen molar-refractivity contribution >= 4 is 12.1 Å². The molecule has 13 heavy (non-hydrogen) atoms. The molecule has 0 aromatic carbocycles. The second-order valence-electron chi connectivity index (χ2n) is 3.36. The highest BCUT2D eigenvalue weighted by Crippen LogP contribution is 2.08. The number of carbonyl (C=O) groups is 1. The SMILES string of the molecule is CCN1/N=C\CCCCCCC1=O. The number of nitrogens with zero attached hydrogens (tertiary/aromatic N) is 2. The zero-order valence-corrected chi connectivity index (χ0v) is 8.33. The number of hydrogen-bond acceptors (Lipinski definition) is 2. The van der Waals surface area contributed by atoms with E-state index in [9.17, 15) is 4.79 Å². The van der Waals surface area contributed by atoms with Crippen LogP contribution in [0.3, 0.4) is 0 Å². The Bertz CT molecular complexity index is 189. The fraction of sp³-hybridized carbons (Fsp3) is 0.800. The van der Waals surface area contributed by atoms with Crippen LogP contribution >= 0.6 is 0 Å². The smallest absolute Gasteiger partial charge is 0.242 e. The van der Waals surface area contributed by atoms with Crippen molar-refractivity contribution in [2.75, 3.05) is 6.54 Å². The zero-order chi connectivity index (χ0) is 9.52. The highest BCUT2D eigenvalue weighted by atomic mass is 16.2. The molecule has 0 radical (unpaired) electrons. The van der Waals surface area contributed by atoms with Gasteiger partial charge in [0.1, 0.15) is 0 Å². The van der Waals surface area contributed by atoms with Gasteiger partial charge in [0.25, 0.3) is 0 Å². The van der Waals surface area contributed by atoms with Crippen LogP contribution in [0.15, 0.2) is 5.10 Å². The van der Waals surface area contributed by atoms with Crippen LogP contribution in [-0.4, -0.2) is 23.7 Å². The summed E-state index contributed by atoms with van der Waals surface area (Å²) in [5.74, 6) is 0.167. The fourth-order valence-corrected chi connectivity index (χ4v) is 1.47. The molecule has 0 spiro atoms. The first-order valence-corrected chi connectivity index (χ1v) is 5.17. The quantitative estimate of drug-likeness (QED) is 0.611. The topological polar surface area (TPSA) is 32.7 Å². The maximum Gasteiger partial charge on any atom is 0.242 e. The van der Waals surface area contributed by atoms with Crippen LogP contribution in [0.2, 0.25) is 0 Å². The van der Waals surface area contributed by atoms with Gasteiger partial charge in [-0.1, -0.05) is 12.8 Å². The molecule has 74 valence electrons. The van der Waals surface area contributed by atoms with Crippen LogP contribution in [0.5, 0.6) is 0 Å². The zero-order valence-electron chi connectivity index (χ0n) is 8.33. The second-order valence-corrected chi connectivity index (χ2v) is 3.36. The summed E-state index contributed by atoms with van der Waals surface area (Å²) in [5.41, 5.74) is 0. The number of amides is 1. The molecule has 0 atom stereocenters. The third kappa shape index (κ3) is 3.57. The summed E-state index contributed by atoms with van der Waals surface area (Å²) in [7, 11) is 0. The molecule has 0 aromatic rings. The third-order valence-electron chi connectivity index (χ3n) is 2.28. The van der Waals surface area contributed by atoms with E-state index >= 15 is 0 Å². The molecule has 1 aliphatic rings. The minimum Gasteiger partial charge on any atom is -0.273 e.